The molecular weight excluding hydrogens is 197 g/mol. The number of nitrogens with zero attached hydrogens (tertiary/aromatic N) is 1. The van der Waals surface area contributed by atoms with Crippen LogP contribution in [0.2, 0.25) is 0 Å². The Kier molecular flexibility index (Phi) is 7.43. The zero-order chi connectivity index (χ0) is 8.36. The Bertz CT molecular complexity index is 234. The first-order chi connectivity index (χ1) is 4.39. The van der Waals surface area contributed by atoms with Gasteiger partial charge in [0.15, 0.2) is 0 Å². The molecule has 0 aromatic carbocycles. The SMILES string of the molecule is C/C(=N\O)C(C)S(=O)(=O)[O-].[K+]. The standard InChI is InChI=1S/C4H9NO4S.K/c1-3(5-6)4(2)10(7,8)9;/h4,6H,1-2H3,(H,7,8,9);/q;+1/p-1/b5-3+;. The van der Waals surface area contributed by atoms with Crippen molar-refractivity contribution in [2.75, 3.05) is 0 Å². The van der Waals surface area contributed by atoms with Crippen molar-refractivity contribution in [2.45, 2.75) is 19.1 Å². The largest absolute Gasteiger partial charge is 1.00 e. The molecule has 0 saturated heterocycles. The molecule has 60 valence electrons. The maximum atomic E-state index is 10.2. The van der Waals surface area contributed by atoms with E-state index in [4.69, 9.17) is 5.21 Å². The van der Waals surface area contributed by atoms with Crippen LogP contribution in [0.5, 0.6) is 0 Å². The summed E-state index contributed by atoms with van der Waals surface area (Å²) in [5, 5.41) is 9.39. The van der Waals surface area contributed by atoms with Crippen molar-refractivity contribution in [1.29, 1.82) is 0 Å². The van der Waals surface area contributed by atoms with Crippen molar-refractivity contribution in [3.8, 4) is 0 Å². The van der Waals surface area contributed by atoms with Gasteiger partial charge in [0, 0.05) is 0 Å². The molecule has 0 fully saturated rings. The Morgan fingerprint density at radius 3 is 2.09 bits per heavy atom. The molecule has 0 heterocycles. The third-order valence-corrected chi connectivity index (χ3v) is 2.39. The Morgan fingerprint density at radius 2 is 2.00 bits per heavy atom. The molecule has 0 aromatic heterocycles. The molecule has 0 saturated carbocycles. The van der Waals surface area contributed by atoms with Gasteiger partial charge in [-0.15, -0.1) is 0 Å². The molecule has 0 aliphatic carbocycles. The maximum absolute atomic E-state index is 10.2. The minimum absolute atomic E-state index is 0. The molecular formula is C4H8KNO4S. The molecule has 1 N–H and O–H groups in total. The predicted octanol–water partition coefficient (Wildman–Crippen LogP) is -3.23. The van der Waals surface area contributed by atoms with Crippen LogP contribution in [0, 0.1) is 0 Å². The summed E-state index contributed by atoms with van der Waals surface area (Å²) in [7, 11) is -4.35. The van der Waals surface area contributed by atoms with E-state index in [1.807, 2.05) is 0 Å². The van der Waals surface area contributed by atoms with Gasteiger partial charge in [0.25, 0.3) is 0 Å². The van der Waals surface area contributed by atoms with Crippen LogP contribution in [0.4, 0.5) is 0 Å². The third-order valence-electron chi connectivity index (χ3n) is 1.18. The van der Waals surface area contributed by atoms with Gasteiger partial charge in [-0.1, -0.05) is 5.16 Å². The molecule has 0 aliphatic rings. The summed E-state index contributed by atoms with van der Waals surface area (Å²) in [5.74, 6) is 0. The molecule has 0 spiro atoms. The summed E-state index contributed by atoms with van der Waals surface area (Å²) in [4.78, 5) is 0. The maximum Gasteiger partial charge on any atom is 1.00 e. The van der Waals surface area contributed by atoms with Gasteiger partial charge in [0.1, 0.15) is 10.1 Å². The molecule has 7 heteroatoms. The molecule has 1 unspecified atom stereocenters. The second-order valence-corrected chi connectivity index (χ2v) is 3.57. The molecule has 0 aliphatic heterocycles. The minimum Gasteiger partial charge on any atom is -0.747 e. The van der Waals surface area contributed by atoms with Crippen LogP contribution in [0.25, 0.3) is 0 Å². The van der Waals surface area contributed by atoms with E-state index < -0.39 is 15.4 Å². The van der Waals surface area contributed by atoms with E-state index in [-0.39, 0.29) is 57.1 Å². The average molecular weight is 205 g/mol. The van der Waals surface area contributed by atoms with Crippen LogP contribution in [0.15, 0.2) is 5.16 Å². The van der Waals surface area contributed by atoms with Crippen LogP contribution in [0.1, 0.15) is 13.8 Å². The Labute approximate surface area is 108 Å². The first kappa shape index (κ1) is 14.5. The number of hydrogen-bond acceptors (Lipinski definition) is 5. The van der Waals surface area contributed by atoms with Gasteiger partial charge in [-0.25, -0.2) is 8.42 Å². The van der Waals surface area contributed by atoms with Crippen LogP contribution < -0.4 is 51.4 Å². The summed E-state index contributed by atoms with van der Waals surface area (Å²) in [6.45, 7) is 2.43. The van der Waals surface area contributed by atoms with E-state index in [0.29, 0.717) is 0 Å². The van der Waals surface area contributed by atoms with E-state index in [1.165, 1.54) is 6.92 Å². The van der Waals surface area contributed by atoms with Crippen LogP contribution >= 0.6 is 0 Å². The van der Waals surface area contributed by atoms with Crippen molar-refractivity contribution in [3.05, 3.63) is 0 Å². The van der Waals surface area contributed by atoms with E-state index in [9.17, 15) is 13.0 Å². The molecule has 0 aromatic rings. The van der Waals surface area contributed by atoms with Crippen molar-refractivity contribution < 1.29 is 69.6 Å². The predicted molar refractivity (Wildman–Crippen MR) is 34.1 cm³/mol. The van der Waals surface area contributed by atoms with Gasteiger partial charge in [-0.05, 0) is 13.8 Å². The van der Waals surface area contributed by atoms with Gasteiger partial charge in [-0.3, -0.25) is 0 Å². The summed E-state index contributed by atoms with van der Waals surface area (Å²) >= 11 is 0. The fourth-order valence-electron chi connectivity index (χ4n) is 0.290. The number of rotatable bonds is 2. The fourth-order valence-corrected chi connectivity index (χ4v) is 0.755. The van der Waals surface area contributed by atoms with E-state index in [2.05, 4.69) is 5.16 Å². The summed E-state index contributed by atoms with van der Waals surface area (Å²) in [5.41, 5.74) is -0.102. The van der Waals surface area contributed by atoms with E-state index in [1.54, 1.807) is 0 Å². The quantitative estimate of drug-likeness (QED) is 0.169. The normalized spacial score (nSPS) is 15.4. The van der Waals surface area contributed by atoms with Gasteiger partial charge in [-0.2, -0.15) is 0 Å². The van der Waals surface area contributed by atoms with Crippen LogP contribution in [0.3, 0.4) is 0 Å². The Morgan fingerprint density at radius 1 is 1.64 bits per heavy atom. The summed E-state index contributed by atoms with van der Waals surface area (Å²) in [6.07, 6.45) is 0. The minimum atomic E-state index is -4.35. The topological polar surface area (TPSA) is 89.8 Å². The molecule has 0 bridgehead atoms. The molecule has 5 nitrogen and oxygen atoms in total. The first-order valence-electron chi connectivity index (χ1n) is 2.53. The van der Waals surface area contributed by atoms with Gasteiger partial charge >= 0.3 is 51.4 Å². The number of hydrogen-bond donors (Lipinski definition) is 1. The third kappa shape index (κ3) is 5.29. The smallest absolute Gasteiger partial charge is 0.747 e. The summed E-state index contributed by atoms with van der Waals surface area (Å²) < 4.78 is 30.6. The molecule has 0 radical (unpaired) electrons. The zero-order valence-corrected chi connectivity index (χ0v) is 10.5. The first-order valence-corrected chi connectivity index (χ1v) is 4.00. The molecule has 0 rings (SSSR count). The van der Waals surface area contributed by atoms with E-state index in [0.717, 1.165) is 6.92 Å². The van der Waals surface area contributed by atoms with Crippen molar-refractivity contribution >= 4 is 15.8 Å². The van der Waals surface area contributed by atoms with Crippen molar-refractivity contribution in [2.24, 2.45) is 5.16 Å². The van der Waals surface area contributed by atoms with Crippen molar-refractivity contribution in [1.82, 2.24) is 0 Å². The Balaban J connectivity index is 0. The fraction of sp³-hybridized carbons (Fsp3) is 0.750. The van der Waals surface area contributed by atoms with Crippen LogP contribution in [-0.2, 0) is 10.1 Å². The second-order valence-electron chi connectivity index (χ2n) is 1.88. The average Bonchev–Trinajstić information content (AvgIpc) is 1.83. The van der Waals surface area contributed by atoms with Crippen LogP contribution in [-0.4, -0.2) is 29.1 Å². The Hall–Kier alpha value is 1.02. The summed E-state index contributed by atoms with van der Waals surface area (Å²) in [6, 6.07) is 0. The van der Waals surface area contributed by atoms with Crippen molar-refractivity contribution in [3.63, 3.8) is 0 Å². The zero-order valence-electron chi connectivity index (χ0n) is 6.60. The van der Waals surface area contributed by atoms with E-state index >= 15 is 0 Å². The molecule has 1 atom stereocenters. The van der Waals surface area contributed by atoms with Gasteiger partial charge in [0.2, 0.25) is 0 Å². The monoisotopic (exact) mass is 205 g/mol. The molecule has 11 heavy (non-hydrogen) atoms. The van der Waals surface area contributed by atoms with Gasteiger partial charge < -0.3 is 9.76 Å². The number of oxime groups is 1. The second kappa shape index (κ2) is 5.63. The molecule has 0 amide bonds. The van der Waals surface area contributed by atoms with Gasteiger partial charge in [0.05, 0.1) is 11.0 Å².